The molecule has 0 aromatic heterocycles. The number of halogens is 2. The van der Waals surface area contributed by atoms with Gasteiger partial charge in [0.15, 0.2) is 5.92 Å². The van der Waals surface area contributed by atoms with Crippen molar-refractivity contribution in [1.82, 2.24) is 0 Å². The molecule has 2 unspecified atom stereocenters. The largest absolute Gasteiger partial charge is 0.481 e. The molecule has 4 nitrogen and oxygen atoms in total. The Morgan fingerprint density at radius 3 is 1.48 bits per heavy atom. The lowest BCUT2D eigenvalue weighted by atomic mass is 9.59. The molecule has 0 aliphatic heterocycles. The zero-order valence-electron chi connectivity index (χ0n) is 13.5. The molecule has 0 radical (unpaired) electrons. The molecule has 2 N–H and O–H groups in total. The summed E-state index contributed by atoms with van der Waals surface area (Å²) < 4.78 is 25.9. The molecule has 0 spiro atoms. The maximum Gasteiger partial charge on any atom is 0.318 e. The third kappa shape index (κ3) is 5.59. The van der Waals surface area contributed by atoms with Crippen molar-refractivity contribution in [3.8, 4) is 0 Å². The molecule has 0 saturated heterocycles. The lowest BCUT2D eigenvalue weighted by Crippen LogP contribution is -2.46. The smallest absolute Gasteiger partial charge is 0.318 e. The highest BCUT2D eigenvalue weighted by atomic mass is 19.3. The molecule has 0 saturated carbocycles. The maximum atomic E-state index is 12.9. The van der Waals surface area contributed by atoms with E-state index in [1.165, 1.54) is 0 Å². The molecule has 0 bridgehead atoms. The van der Waals surface area contributed by atoms with Gasteiger partial charge in [-0.3, -0.25) is 9.59 Å². The van der Waals surface area contributed by atoms with Crippen LogP contribution >= 0.6 is 0 Å². The van der Waals surface area contributed by atoms with Crippen molar-refractivity contribution in [2.75, 3.05) is 0 Å². The van der Waals surface area contributed by atoms with Crippen LogP contribution in [0.4, 0.5) is 8.78 Å². The van der Waals surface area contributed by atoms with Crippen molar-refractivity contribution < 1.29 is 28.6 Å². The molecule has 0 rings (SSSR count). The summed E-state index contributed by atoms with van der Waals surface area (Å²) in [6.07, 6.45) is -3.12. The van der Waals surface area contributed by atoms with Crippen molar-refractivity contribution in [3.05, 3.63) is 0 Å². The molecule has 0 aliphatic rings. The molecule has 0 aromatic carbocycles. The normalized spacial score (nSPS) is 16.1. The first-order valence-corrected chi connectivity index (χ1v) is 6.93. The number of carboxylic acids is 2. The summed E-state index contributed by atoms with van der Waals surface area (Å²) in [5.74, 6) is -6.29. The quantitative estimate of drug-likeness (QED) is 0.733. The molecule has 6 heteroatoms. The third-order valence-corrected chi connectivity index (χ3v) is 3.87. The van der Waals surface area contributed by atoms with E-state index < -0.39 is 53.4 Å². The summed E-state index contributed by atoms with van der Waals surface area (Å²) in [6, 6.07) is 0. The van der Waals surface area contributed by atoms with Crippen molar-refractivity contribution in [2.24, 2.45) is 28.6 Å². The van der Waals surface area contributed by atoms with Crippen LogP contribution in [0.5, 0.6) is 0 Å². The molecule has 0 heterocycles. The standard InChI is InChI=1S/C15H26F2O4/c1-14(2,3)8(7-9(16)17)11(15(4,5)6)10(12(18)19)13(20)21/h8-11H,7H2,1-6H3,(H,18,19)(H,20,21). The number of hydrogen-bond donors (Lipinski definition) is 2. The van der Waals surface area contributed by atoms with Gasteiger partial charge in [0, 0.05) is 6.42 Å². The van der Waals surface area contributed by atoms with Gasteiger partial charge < -0.3 is 10.2 Å². The SMILES string of the molecule is CC(C)(C)C(CC(F)F)C(C(C(=O)O)C(=O)O)C(C)(C)C. The van der Waals surface area contributed by atoms with E-state index in [2.05, 4.69) is 0 Å². The predicted molar refractivity (Wildman–Crippen MR) is 75.3 cm³/mol. The van der Waals surface area contributed by atoms with Gasteiger partial charge in [0.2, 0.25) is 6.43 Å². The van der Waals surface area contributed by atoms with Crippen LogP contribution in [0.25, 0.3) is 0 Å². The number of carboxylic acid groups (broad SMARTS) is 2. The van der Waals surface area contributed by atoms with Crippen molar-refractivity contribution >= 4 is 11.9 Å². The Bertz CT molecular complexity index is 366. The Hall–Kier alpha value is -1.20. The fraction of sp³-hybridized carbons (Fsp3) is 0.867. The molecular weight excluding hydrogens is 282 g/mol. The highest BCUT2D eigenvalue weighted by Gasteiger charge is 2.49. The Labute approximate surface area is 124 Å². The molecule has 2 atom stereocenters. The zero-order chi connectivity index (χ0) is 17.2. The summed E-state index contributed by atoms with van der Waals surface area (Å²) in [5.41, 5.74) is -1.36. The number of carbonyl (C=O) groups is 2. The minimum Gasteiger partial charge on any atom is -0.481 e. The van der Waals surface area contributed by atoms with Gasteiger partial charge in [0.25, 0.3) is 0 Å². The third-order valence-electron chi connectivity index (χ3n) is 3.87. The van der Waals surface area contributed by atoms with Crippen molar-refractivity contribution in [3.63, 3.8) is 0 Å². The number of alkyl halides is 2. The molecule has 0 fully saturated rings. The topological polar surface area (TPSA) is 74.6 Å². The molecule has 21 heavy (non-hydrogen) atoms. The lowest BCUT2D eigenvalue weighted by Gasteiger charge is -2.45. The lowest BCUT2D eigenvalue weighted by molar-refractivity contribution is -0.164. The highest BCUT2D eigenvalue weighted by Crippen LogP contribution is 2.48. The van der Waals surface area contributed by atoms with Crippen LogP contribution in [0.1, 0.15) is 48.0 Å². The van der Waals surface area contributed by atoms with Crippen LogP contribution < -0.4 is 0 Å². The van der Waals surface area contributed by atoms with Crippen LogP contribution in [0.3, 0.4) is 0 Å². The summed E-state index contributed by atoms with van der Waals surface area (Å²) >= 11 is 0. The minimum atomic E-state index is -2.61. The average Bonchev–Trinajstić information content (AvgIpc) is 2.17. The van der Waals surface area contributed by atoms with Gasteiger partial charge in [-0.1, -0.05) is 41.5 Å². The van der Waals surface area contributed by atoms with Crippen LogP contribution in [0, 0.1) is 28.6 Å². The second kappa shape index (κ2) is 6.71. The molecule has 0 aromatic rings. The summed E-state index contributed by atoms with van der Waals surface area (Å²) in [4.78, 5) is 22.8. The average molecular weight is 308 g/mol. The van der Waals surface area contributed by atoms with E-state index in [0.29, 0.717) is 0 Å². The zero-order valence-corrected chi connectivity index (χ0v) is 13.5. The molecule has 124 valence electrons. The van der Waals surface area contributed by atoms with Crippen LogP contribution in [-0.2, 0) is 9.59 Å². The van der Waals surface area contributed by atoms with Crippen molar-refractivity contribution in [2.45, 2.75) is 54.4 Å². The Morgan fingerprint density at radius 1 is 0.905 bits per heavy atom. The Kier molecular flexibility index (Phi) is 6.32. The number of hydrogen-bond acceptors (Lipinski definition) is 2. The summed E-state index contributed by atoms with van der Waals surface area (Å²) in [7, 11) is 0. The maximum absolute atomic E-state index is 12.9. The van der Waals surface area contributed by atoms with Gasteiger partial charge in [-0.2, -0.15) is 0 Å². The van der Waals surface area contributed by atoms with Gasteiger partial charge in [-0.15, -0.1) is 0 Å². The fourth-order valence-corrected chi connectivity index (χ4v) is 2.98. The Balaban J connectivity index is 5.97. The van der Waals surface area contributed by atoms with Crippen LogP contribution in [0.15, 0.2) is 0 Å². The first-order valence-electron chi connectivity index (χ1n) is 6.93. The molecular formula is C15H26F2O4. The van der Waals surface area contributed by atoms with Gasteiger partial charge in [-0.25, -0.2) is 8.78 Å². The van der Waals surface area contributed by atoms with Gasteiger partial charge in [0.1, 0.15) is 0 Å². The monoisotopic (exact) mass is 308 g/mol. The van der Waals surface area contributed by atoms with Gasteiger partial charge in [0.05, 0.1) is 0 Å². The molecule has 0 amide bonds. The van der Waals surface area contributed by atoms with Gasteiger partial charge in [-0.05, 0) is 22.7 Å². The van der Waals surface area contributed by atoms with E-state index in [-0.39, 0.29) is 0 Å². The number of rotatable bonds is 6. The second-order valence-electron chi connectivity index (χ2n) is 7.65. The summed E-state index contributed by atoms with van der Waals surface area (Å²) in [5, 5.41) is 18.5. The highest BCUT2D eigenvalue weighted by molar-refractivity contribution is 5.93. The van der Waals surface area contributed by atoms with Gasteiger partial charge >= 0.3 is 11.9 Å². The second-order valence-corrected chi connectivity index (χ2v) is 7.65. The predicted octanol–water partition coefficient (Wildman–Crippen LogP) is 3.75. The number of aliphatic carboxylic acids is 2. The van der Waals surface area contributed by atoms with E-state index in [0.717, 1.165) is 0 Å². The first kappa shape index (κ1) is 19.8. The summed E-state index contributed by atoms with van der Waals surface area (Å²) in [6.45, 7) is 10.3. The first-order chi connectivity index (χ1) is 9.19. The minimum absolute atomic E-state index is 0.511. The van der Waals surface area contributed by atoms with Crippen LogP contribution in [-0.4, -0.2) is 28.6 Å². The van der Waals surface area contributed by atoms with E-state index in [4.69, 9.17) is 0 Å². The van der Waals surface area contributed by atoms with E-state index in [1.54, 1.807) is 41.5 Å². The van der Waals surface area contributed by atoms with E-state index >= 15 is 0 Å². The molecule has 0 aliphatic carbocycles. The van der Waals surface area contributed by atoms with E-state index in [9.17, 15) is 28.6 Å². The fourth-order valence-electron chi connectivity index (χ4n) is 2.98. The van der Waals surface area contributed by atoms with Crippen molar-refractivity contribution in [1.29, 1.82) is 0 Å². The van der Waals surface area contributed by atoms with Crippen LogP contribution in [0.2, 0.25) is 0 Å². The Morgan fingerprint density at radius 2 is 1.29 bits per heavy atom. The van der Waals surface area contributed by atoms with E-state index in [1.807, 2.05) is 0 Å².